The number of nitrogens with one attached hydrogen (secondary N) is 2. The molecule has 3 nitrogen and oxygen atoms in total. The Balaban J connectivity index is 0.00000162. The Morgan fingerprint density at radius 2 is 1.72 bits per heavy atom. The van der Waals surface area contributed by atoms with E-state index in [0.29, 0.717) is 0 Å². The van der Waals surface area contributed by atoms with E-state index in [1.165, 1.54) is 0 Å². The molecule has 0 saturated heterocycles. The molecule has 0 saturated carbocycles. The van der Waals surface area contributed by atoms with Crippen LogP contribution in [-0.4, -0.2) is 6.41 Å². The Kier molecular flexibility index (Phi) is 6.03. The molecule has 1 amide bonds. The third kappa shape index (κ3) is 3.65. The molecule has 0 bridgehead atoms. The maximum Gasteiger partial charge on any atom is 0.0693 e. The number of carbonyl (C=O) groups excluding carboxylic acids is 1. The number of hydrogen-bond acceptors (Lipinski definition) is 2. The molecule has 0 aromatic heterocycles. The molecule has 0 spiro atoms. The molecule has 0 aliphatic rings. The van der Waals surface area contributed by atoms with E-state index in [-0.39, 0.29) is 32.7 Å². The number of hydrogen-bond donors (Lipinski definition) is 2. The van der Waals surface area contributed by atoms with Crippen LogP contribution in [0.4, 0.5) is 17.1 Å². The predicted octanol–water partition coefficient (Wildman–Crippen LogP) is 3.22. The molecule has 0 aliphatic heterocycles. The van der Waals surface area contributed by atoms with Crippen molar-refractivity contribution in [2.75, 3.05) is 10.6 Å². The van der Waals surface area contributed by atoms with E-state index in [1.807, 2.05) is 55.5 Å². The minimum Gasteiger partial charge on any atom is -0.488 e. The van der Waals surface area contributed by atoms with Crippen LogP contribution in [0.2, 0.25) is 0 Å². The molecular formula is C14H13N2OY-. The summed E-state index contributed by atoms with van der Waals surface area (Å²) in [7, 11) is 0. The van der Waals surface area contributed by atoms with Gasteiger partial charge in [0.2, 0.25) is 0 Å². The van der Waals surface area contributed by atoms with E-state index in [1.54, 1.807) is 6.41 Å². The number of rotatable bonds is 4. The molecule has 1 radical (unpaired) electrons. The second-order valence-corrected chi connectivity index (χ2v) is 3.72. The molecule has 2 aromatic carbocycles. The van der Waals surface area contributed by atoms with Crippen molar-refractivity contribution in [1.29, 1.82) is 0 Å². The van der Waals surface area contributed by atoms with E-state index in [4.69, 9.17) is 0 Å². The van der Waals surface area contributed by atoms with Gasteiger partial charge in [-0.1, -0.05) is 49.0 Å². The molecule has 18 heavy (non-hydrogen) atoms. The first kappa shape index (κ1) is 14.9. The summed E-state index contributed by atoms with van der Waals surface area (Å²) in [6.07, 6.45) is 1.71. The zero-order valence-corrected chi connectivity index (χ0v) is 12.9. The Labute approximate surface area is 132 Å². The van der Waals surface area contributed by atoms with Gasteiger partial charge in [-0.05, 0) is 17.8 Å². The van der Waals surface area contributed by atoms with Crippen molar-refractivity contribution in [2.24, 2.45) is 0 Å². The van der Waals surface area contributed by atoms with Crippen molar-refractivity contribution in [1.82, 2.24) is 0 Å². The van der Waals surface area contributed by atoms with Gasteiger partial charge in [-0.25, -0.2) is 0 Å². The van der Waals surface area contributed by atoms with Crippen LogP contribution in [0.3, 0.4) is 0 Å². The van der Waals surface area contributed by atoms with Crippen LogP contribution in [0.5, 0.6) is 0 Å². The zero-order valence-electron chi connectivity index (χ0n) is 10.1. The van der Waals surface area contributed by atoms with Crippen molar-refractivity contribution in [3.63, 3.8) is 0 Å². The first-order valence-corrected chi connectivity index (χ1v) is 5.36. The fourth-order valence-corrected chi connectivity index (χ4v) is 1.67. The Morgan fingerprint density at radius 3 is 2.39 bits per heavy atom. The third-order valence-corrected chi connectivity index (χ3v) is 2.50. The second-order valence-electron chi connectivity index (χ2n) is 3.72. The number of amides is 1. The monoisotopic (exact) mass is 314 g/mol. The van der Waals surface area contributed by atoms with Gasteiger partial charge in [0.15, 0.2) is 0 Å². The summed E-state index contributed by atoms with van der Waals surface area (Å²) in [5.74, 6) is 0. The smallest absolute Gasteiger partial charge is 0.0693 e. The summed E-state index contributed by atoms with van der Waals surface area (Å²) in [6.45, 7) is 1.94. The standard InChI is InChI=1S/C14H13N2O.Y/c1-11-6-5-9-13(14(11)15-10-17)16-12-7-3-2-4-8-12;/h2-9,16H,1H3,(H,15,17);/q-1;. The van der Waals surface area contributed by atoms with E-state index in [2.05, 4.69) is 10.6 Å². The average molecular weight is 314 g/mol. The van der Waals surface area contributed by atoms with E-state index in [0.717, 1.165) is 22.6 Å². The quantitative estimate of drug-likeness (QED) is 0.672. The van der Waals surface area contributed by atoms with Gasteiger partial charge in [-0.2, -0.15) is 0 Å². The topological polar surface area (TPSA) is 41.1 Å². The molecule has 89 valence electrons. The molecule has 0 heterocycles. The van der Waals surface area contributed by atoms with Crippen LogP contribution in [-0.2, 0) is 37.5 Å². The third-order valence-electron chi connectivity index (χ3n) is 2.50. The Bertz CT molecular complexity index is 514. The van der Waals surface area contributed by atoms with Crippen molar-refractivity contribution in [3.05, 3.63) is 54.1 Å². The fourth-order valence-electron chi connectivity index (χ4n) is 1.67. The summed E-state index contributed by atoms with van der Waals surface area (Å²) in [5.41, 5.74) is 3.59. The summed E-state index contributed by atoms with van der Waals surface area (Å²) >= 11 is 0. The van der Waals surface area contributed by atoms with Crippen LogP contribution >= 0.6 is 0 Å². The van der Waals surface area contributed by atoms with Gasteiger partial charge in [0.05, 0.1) is 6.41 Å². The predicted molar refractivity (Wildman–Crippen MR) is 70.2 cm³/mol. The van der Waals surface area contributed by atoms with Crippen LogP contribution in [0, 0.1) is 6.92 Å². The van der Waals surface area contributed by atoms with Crippen LogP contribution in [0.1, 0.15) is 5.56 Å². The first-order valence-electron chi connectivity index (χ1n) is 5.36. The minimum absolute atomic E-state index is 0. The van der Waals surface area contributed by atoms with Crippen molar-refractivity contribution < 1.29 is 37.5 Å². The van der Waals surface area contributed by atoms with Gasteiger partial charge < -0.3 is 15.4 Å². The molecule has 2 rings (SSSR count). The van der Waals surface area contributed by atoms with Gasteiger partial charge >= 0.3 is 0 Å². The van der Waals surface area contributed by atoms with Crippen molar-refractivity contribution in [2.45, 2.75) is 6.92 Å². The average Bonchev–Trinajstić information content (AvgIpc) is 2.35. The van der Waals surface area contributed by atoms with E-state index < -0.39 is 0 Å². The van der Waals surface area contributed by atoms with E-state index in [9.17, 15) is 4.79 Å². The second kappa shape index (κ2) is 7.29. The number of benzene rings is 2. The van der Waals surface area contributed by atoms with Gasteiger partial charge in [0, 0.05) is 38.4 Å². The maximum absolute atomic E-state index is 10.5. The summed E-state index contributed by atoms with van der Waals surface area (Å²) in [6, 6.07) is 15.6. The van der Waals surface area contributed by atoms with Gasteiger partial charge in [-0.15, -0.1) is 5.56 Å². The zero-order chi connectivity index (χ0) is 12.1. The minimum atomic E-state index is 0. The van der Waals surface area contributed by atoms with Gasteiger partial charge in [-0.3, -0.25) is 0 Å². The molecule has 0 unspecified atom stereocenters. The summed E-state index contributed by atoms with van der Waals surface area (Å²) in [5, 5.41) is 5.85. The van der Waals surface area contributed by atoms with Gasteiger partial charge in [0.1, 0.15) is 0 Å². The molecule has 0 atom stereocenters. The first-order chi connectivity index (χ1) is 8.31. The SMILES string of the molecule is Cc1cccc(Nc2ccccc2)c1N[C-]=O.[Y]. The molecule has 2 N–H and O–H groups in total. The van der Waals surface area contributed by atoms with Crippen LogP contribution in [0.25, 0.3) is 0 Å². The van der Waals surface area contributed by atoms with E-state index >= 15 is 0 Å². The fraction of sp³-hybridized carbons (Fsp3) is 0.0714. The molecule has 0 fully saturated rings. The molecular weight excluding hydrogens is 301 g/mol. The van der Waals surface area contributed by atoms with Crippen molar-refractivity contribution >= 4 is 23.5 Å². The largest absolute Gasteiger partial charge is 0.488 e. The van der Waals surface area contributed by atoms with Gasteiger partial charge in [0.25, 0.3) is 0 Å². The summed E-state index contributed by atoms with van der Waals surface area (Å²) < 4.78 is 0. The normalized spacial score (nSPS) is 9.17. The van der Waals surface area contributed by atoms with Crippen molar-refractivity contribution in [3.8, 4) is 0 Å². The molecule has 2 aromatic rings. The van der Waals surface area contributed by atoms with Crippen LogP contribution < -0.4 is 10.6 Å². The van der Waals surface area contributed by atoms with Crippen LogP contribution in [0.15, 0.2) is 48.5 Å². The molecule has 4 heteroatoms. The Morgan fingerprint density at radius 1 is 1.00 bits per heavy atom. The summed E-state index contributed by atoms with van der Waals surface area (Å²) in [4.78, 5) is 10.5. The number of para-hydroxylation sites is 2. The Hall–Kier alpha value is -1.19. The number of aryl methyl sites for hydroxylation is 1. The maximum atomic E-state index is 10.5. The number of anilines is 3. The molecule has 0 aliphatic carbocycles.